The molecule has 1 aliphatic carbocycles. The Balaban J connectivity index is 1.52. The van der Waals surface area contributed by atoms with Crippen LogP contribution in [0.15, 0.2) is 0 Å². The molecule has 6 heteroatoms. The molecule has 0 radical (unpaired) electrons. The molecule has 20 heavy (non-hydrogen) atoms. The van der Waals surface area contributed by atoms with Crippen molar-refractivity contribution in [2.24, 2.45) is 17.8 Å². The number of piperidine rings is 1. The lowest BCUT2D eigenvalue weighted by Gasteiger charge is -2.31. The summed E-state index contributed by atoms with van der Waals surface area (Å²) in [5, 5.41) is 16.1. The van der Waals surface area contributed by atoms with Crippen LogP contribution in [0, 0.1) is 17.8 Å². The Morgan fingerprint density at radius 3 is 2.65 bits per heavy atom. The lowest BCUT2D eigenvalue weighted by atomic mass is 9.80. The lowest BCUT2D eigenvalue weighted by molar-refractivity contribution is -0.143. The van der Waals surface area contributed by atoms with Crippen molar-refractivity contribution < 1.29 is 14.7 Å². The van der Waals surface area contributed by atoms with E-state index in [4.69, 9.17) is 4.84 Å². The van der Waals surface area contributed by atoms with Gasteiger partial charge in [-0.05, 0) is 51.1 Å². The first-order valence-electron chi connectivity index (χ1n) is 7.85. The van der Waals surface area contributed by atoms with Crippen molar-refractivity contribution in [1.29, 1.82) is 0 Å². The average Bonchev–Trinajstić information content (AvgIpc) is 2.98. The number of carboxylic acid groups (broad SMARTS) is 1. The maximum atomic E-state index is 11.1. The quantitative estimate of drug-likeness (QED) is 0.609. The van der Waals surface area contributed by atoms with Gasteiger partial charge in [0.25, 0.3) is 0 Å². The number of carbonyl (C=O) groups is 1. The predicted octanol–water partition coefficient (Wildman–Crippen LogP) is 0.654. The molecule has 3 rings (SSSR count). The second-order valence-electron chi connectivity index (χ2n) is 6.35. The van der Waals surface area contributed by atoms with Crippen LogP contribution in [0.3, 0.4) is 0 Å². The molecule has 0 aromatic heterocycles. The Bertz CT molecular complexity index is 347. The summed E-state index contributed by atoms with van der Waals surface area (Å²) in [5.41, 5.74) is 3.11. The van der Waals surface area contributed by atoms with Gasteiger partial charge in [-0.3, -0.25) is 14.9 Å². The van der Waals surface area contributed by atoms with E-state index >= 15 is 0 Å². The molecule has 0 aromatic rings. The second-order valence-corrected chi connectivity index (χ2v) is 6.35. The Morgan fingerprint density at radius 2 is 1.90 bits per heavy atom. The van der Waals surface area contributed by atoms with Crippen LogP contribution in [0.2, 0.25) is 0 Å². The summed E-state index contributed by atoms with van der Waals surface area (Å²) in [6.07, 6.45) is 6.10. The molecule has 4 atom stereocenters. The van der Waals surface area contributed by atoms with Gasteiger partial charge in [0, 0.05) is 5.92 Å². The van der Waals surface area contributed by atoms with Crippen LogP contribution >= 0.6 is 0 Å². The third-order valence-corrected chi connectivity index (χ3v) is 5.01. The zero-order chi connectivity index (χ0) is 13.9. The zero-order valence-corrected chi connectivity index (χ0v) is 11.8. The van der Waals surface area contributed by atoms with Crippen molar-refractivity contribution in [3.8, 4) is 0 Å². The van der Waals surface area contributed by atoms with E-state index in [2.05, 4.69) is 16.1 Å². The Hall–Kier alpha value is -0.690. The number of rotatable bonds is 3. The van der Waals surface area contributed by atoms with Gasteiger partial charge in [-0.15, -0.1) is 0 Å². The van der Waals surface area contributed by atoms with Crippen LogP contribution in [0.1, 0.15) is 38.5 Å². The molecule has 3 aliphatic rings. The van der Waals surface area contributed by atoms with E-state index in [1.807, 2.05) is 0 Å². The van der Waals surface area contributed by atoms with Crippen LogP contribution in [-0.4, -0.2) is 36.6 Å². The predicted molar refractivity (Wildman–Crippen MR) is 73.6 cm³/mol. The van der Waals surface area contributed by atoms with E-state index < -0.39 is 5.97 Å². The molecule has 2 aliphatic heterocycles. The van der Waals surface area contributed by atoms with Crippen LogP contribution in [0.25, 0.3) is 0 Å². The minimum absolute atomic E-state index is 0.0762. The first-order valence-corrected chi connectivity index (χ1v) is 7.85. The van der Waals surface area contributed by atoms with Crippen molar-refractivity contribution in [1.82, 2.24) is 16.1 Å². The maximum Gasteiger partial charge on any atom is 0.306 e. The fourth-order valence-electron chi connectivity index (χ4n) is 3.76. The molecule has 1 saturated carbocycles. The first kappa shape index (κ1) is 14.3. The molecular formula is C14H25N3O3. The van der Waals surface area contributed by atoms with Crippen LogP contribution in [0.4, 0.5) is 0 Å². The summed E-state index contributed by atoms with van der Waals surface area (Å²) in [5.74, 6) is 0.0722. The van der Waals surface area contributed by atoms with Crippen molar-refractivity contribution in [3.63, 3.8) is 0 Å². The number of hydroxylamine groups is 1. The molecule has 2 heterocycles. The Morgan fingerprint density at radius 1 is 1.10 bits per heavy atom. The normalized spacial score (nSPS) is 39.8. The highest BCUT2D eigenvalue weighted by atomic mass is 16.7. The van der Waals surface area contributed by atoms with E-state index in [1.165, 1.54) is 0 Å². The molecule has 3 fully saturated rings. The maximum absolute atomic E-state index is 11.1. The largest absolute Gasteiger partial charge is 0.481 e. The van der Waals surface area contributed by atoms with Gasteiger partial charge in [-0.1, -0.05) is 6.42 Å². The third-order valence-electron chi connectivity index (χ3n) is 5.01. The van der Waals surface area contributed by atoms with E-state index in [9.17, 15) is 9.90 Å². The molecule has 4 N–H and O–H groups in total. The zero-order valence-electron chi connectivity index (χ0n) is 11.8. The van der Waals surface area contributed by atoms with E-state index in [-0.39, 0.29) is 18.3 Å². The van der Waals surface area contributed by atoms with Crippen LogP contribution in [-0.2, 0) is 9.63 Å². The van der Waals surface area contributed by atoms with Crippen molar-refractivity contribution in [3.05, 3.63) is 0 Å². The number of nitrogens with one attached hydrogen (secondary N) is 3. The highest BCUT2D eigenvalue weighted by molar-refractivity contribution is 5.70. The minimum atomic E-state index is -0.650. The van der Waals surface area contributed by atoms with Crippen LogP contribution < -0.4 is 16.1 Å². The summed E-state index contributed by atoms with van der Waals surface area (Å²) in [4.78, 5) is 16.9. The monoisotopic (exact) mass is 283 g/mol. The number of hydrogen-bond acceptors (Lipinski definition) is 5. The summed E-state index contributed by atoms with van der Waals surface area (Å²) in [7, 11) is 0. The number of aliphatic carboxylic acids is 1. The van der Waals surface area contributed by atoms with Gasteiger partial charge >= 0.3 is 5.97 Å². The average molecular weight is 283 g/mol. The molecule has 0 aromatic carbocycles. The van der Waals surface area contributed by atoms with Gasteiger partial charge in [0.1, 0.15) is 6.23 Å². The fourth-order valence-corrected chi connectivity index (χ4v) is 3.76. The van der Waals surface area contributed by atoms with E-state index in [0.717, 1.165) is 51.6 Å². The summed E-state index contributed by atoms with van der Waals surface area (Å²) in [6, 6.07) is 0. The molecular weight excluding hydrogens is 258 g/mol. The second kappa shape index (κ2) is 6.39. The fraction of sp³-hybridized carbons (Fsp3) is 0.929. The van der Waals surface area contributed by atoms with Crippen LogP contribution in [0.5, 0.6) is 0 Å². The topological polar surface area (TPSA) is 82.6 Å². The lowest BCUT2D eigenvalue weighted by Crippen LogP contribution is -2.45. The summed E-state index contributed by atoms with van der Waals surface area (Å²) < 4.78 is 0. The number of hydrogen-bond donors (Lipinski definition) is 4. The van der Waals surface area contributed by atoms with Gasteiger partial charge < -0.3 is 10.4 Å². The highest BCUT2D eigenvalue weighted by Crippen LogP contribution is 2.32. The van der Waals surface area contributed by atoms with Gasteiger partial charge in [0.15, 0.2) is 0 Å². The van der Waals surface area contributed by atoms with Crippen molar-refractivity contribution in [2.75, 3.05) is 13.1 Å². The van der Waals surface area contributed by atoms with Gasteiger partial charge in [0.05, 0.1) is 12.1 Å². The molecule has 114 valence electrons. The first-order chi connectivity index (χ1) is 9.74. The molecule has 4 unspecified atom stereocenters. The Labute approximate surface area is 119 Å². The van der Waals surface area contributed by atoms with Gasteiger partial charge in [0.2, 0.25) is 0 Å². The molecule has 2 saturated heterocycles. The van der Waals surface area contributed by atoms with E-state index in [1.54, 1.807) is 0 Å². The number of carboxylic acids is 1. The SMILES string of the molecule is O=C(O)C1CCCC(C2NOC(C3CCNCC3)N2)C1. The van der Waals surface area contributed by atoms with Crippen molar-refractivity contribution >= 4 is 5.97 Å². The standard InChI is InChI=1S/C14H25N3O3/c18-14(19)11-3-1-2-10(8-11)12-16-13(20-17-12)9-4-6-15-7-5-9/h9-13,15-17H,1-8H2,(H,18,19). The molecule has 0 spiro atoms. The van der Waals surface area contributed by atoms with Crippen molar-refractivity contribution in [2.45, 2.75) is 50.9 Å². The molecule has 6 nitrogen and oxygen atoms in total. The minimum Gasteiger partial charge on any atom is -0.481 e. The summed E-state index contributed by atoms with van der Waals surface area (Å²) >= 11 is 0. The van der Waals surface area contributed by atoms with Gasteiger partial charge in [-0.25, -0.2) is 0 Å². The van der Waals surface area contributed by atoms with E-state index in [0.29, 0.717) is 11.8 Å². The molecule has 0 amide bonds. The third kappa shape index (κ3) is 3.14. The Kier molecular flexibility index (Phi) is 4.55. The highest BCUT2D eigenvalue weighted by Gasteiger charge is 2.38. The molecule has 0 bridgehead atoms. The van der Waals surface area contributed by atoms with Gasteiger partial charge in [-0.2, -0.15) is 5.48 Å². The smallest absolute Gasteiger partial charge is 0.306 e. The summed E-state index contributed by atoms with van der Waals surface area (Å²) in [6.45, 7) is 2.11.